The number of rotatable bonds is 10. The van der Waals surface area contributed by atoms with Gasteiger partial charge in [-0.25, -0.2) is 0 Å². The van der Waals surface area contributed by atoms with Gasteiger partial charge in [-0.15, -0.1) is 0 Å². The molecule has 0 fully saturated rings. The summed E-state index contributed by atoms with van der Waals surface area (Å²) in [4.78, 5) is 2.46. The largest absolute Gasteiger partial charge is 0.491 e. The summed E-state index contributed by atoms with van der Waals surface area (Å²) in [6.45, 7) is 8.29. The van der Waals surface area contributed by atoms with Gasteiger partial charge in [-0.1, -0.05) is 38.8 Å². The number of hydrogen-bond donors (Lipinski definition) is 0. The molecule has 3 nitrogen and oxygen atoms in total. The molecule has 20 heavy (non-hydrogen) atoms. The van der Waals surface area contributed by atoms with Gasteiger partial charge in [-0.3, -0.25) is 4.90 Å². The molecule has 0 saturated heterocycles. The molecule has 0 aromatic heterocycles. The van der Waals surface area contributed by atoms with Crippen LogP contribution in [0.2, 0.25) is 0 Å². The Morgan fingerprint density at radius 3 is 2.30 bits per heavy atom. The Hall–Kier alpha value is -1.53. The quantitative estimate of drug-likeness (QED) is 0.650. The Morgan fingerprint density at radius 2 is 1.70 bits per heavy atom. The van der Waals surface area contributed by atoms with Gasteiger partial charge in [0.2, 0.25) is 0 Å². The van der Waals surface area contributed by atoms with E-state index >= 15 is 0 Å². The molecular weight excluding hydrogens is 248 g/mol. The van der Waals surface area contributed by atoms with Crippen LogP contribution in [0.1, 0.15) is 45.1 Å². The molecule has 110 valence electrons. The first-order valence-corrected chi connectivity index (χ1v) is 7.66. The van der Waals surface area contributed by atoms with E-state index in [1.54, 1.807) is 6.07 Å². The van der Waals surface area contributed by atoms with Crippen molar-refractivity contribution in [1.29, 1.82) is 5.26 Å². The molecule has 1 rings (SSSR count). The van der Waals surface area contributed by atoms with Crippen molar-refractivity contribution in [3.05, 3.63) is 29.8 Å². The van der Waals surface area contributed by atoms with Crippen molar-refractivity contribution in [2.24, 2.45) is 0 Å². The molecule has 0 N–H and O–H groups in total. The van der Waals surface area contributed by atoms with Crippen LogP contribution in [0.25, 0.3) is 0 Å². The first kappa shape index (κ1) is 16.5. The molecule has 0 bridgehead atoms. The van der Waals surface area contributed by atoms with Crippen LogP contribution in [0.3, 0.4) is 0 Å². The van der Waals surface area contributed by atoms with E-state index in [2.05, 4.69) is 24.8 Å². The van der Waals surface area contributed by atoms with E-state index in [-0.39, 0.29) is 0 Å². The minimum absolute atomic E-state index is 0.612. The van der Waals surface area contributed by atoms with E-state index in [9.17, 15) is 0 Å². The average Bonchev–Trinajstić information content (AvgIpc) is 2.49. The molecule has 0 saturated carbocycles. The summed E-state index contributed by atoms with van der Waals surface area (Å²) in [5, 5.41) is 9.02. The van der Waals surface area contributed by atoms with Crippen LogP contribution in [0.5, 0.6) is 5.75 Å². The van der Waals surface area contributed by atoms with Crippen LogP contribution in [0, 0.1) is 11.3 Å². The van der Waals surface area contributed by atoms with Crippen LogP contribution in [0.4, 0.5) is 0 Å². The molecule has 3 heteroatoms. The Kier molecular flexibility index (Phi) is 8.49. The lowest BCUT2D eigenvalue weighted by molar-refractivity contribution is 0.204. The molecule has 0 heterocycles. The molecule has 0 radical (unpaired) electrons. The fourth-order valence-corrected chi connectivity index (χ4v) is 2.07. The lowest BCUT2D eigenvalue weighted by Crippen LogP contribution is -2.30. The van der Waals surface area contributed by atoms with Crippen molar-refractivity contribution in [1.82, 2.24) is 4.90 Å². The molecule has 0 aliphatic heterocycles. The highest BCUT2D eigenvalue weighted by Gasteiger charge is 2.06. The van der Waals surface area contributed by atoms with Crippen LogP contribution in [0.15, 0.2) is 24.3 Å². The van der Waals surface area contributed by atoms with Gasteiger partial charge in [0.05, 0.1) is 5.56 Å². The van der Waals surface area contributed by atoms with Crippen molar-refractivity contribution in [3.63, 3.8) is 0 Å². The monoisotopic (exact) mass is 274 g/mol. The second-order valence-corrected chi connectivity index (χ2v) is 5.01. The first-order chi connectivity index (χ1) is 9.81. The van der Waals surface area contributed by atoms with Gasteiger partial charge in [-0.2, -0.15) is 5.26 Å². The van der Waals surface area contributed by atoms with E-state index < -0.39 is 0 Å². The third kappa shape index (κ3) is 6.08. The van der Waals surface area contributed by atoms with Crippen molar-refractivity contribution < 1.29 is 4.74 Å². The number of hydrogen-bond acceptors (Lipinski definition) is 3. The maximum atomic E-state index is 9.02. The second kappa shape index (κ2) is 10.3. The third-order valence-electron chi connectivity index (χ3n) is 3.33. The number of nitrogens with zero attached hydrogens (tertiary/aromatic N) is 2. The zero-order chi connectivity index (χ0) is 14.6. The molecule has 0 amide bonds. The van der Waals surface area contributed by atoms with Gasteiger partial charge in [0.25, 0.3) is 0 Å². The van der Waals surface area contributed by atoms with Crippen LogP contribution in [-0.4, -0.2) is 31.1 Å². The Bertz CT molecular complexity index is 404. The number of ether oxygens (including phenoxy) is 1. The summed E-state index contributed by atoms with van der Waals surface area (Å²) in [6.07, 6.45) is 4.92. The first-order valence-electron chi connectivity index (χ1n) is 7.66. The van der Waals surface area contributed by atoms with Gasteiger partial charge >= 0.3 is 0 Å². The lowest BCUT2D eigenvalue weighted by Gasteiger charge is -2.22. The van der Waals surface area contributed by atoms with Crippen molar-refractivity contribution >= 4 is 0 Å². The van der Waals surface area contributed by atoms with Crippen molar-refractivity contribution in [2.75, 3.05) is 26.2 Å². The van der Waals surface area contributed by atoms with Gasteiger partial charge < -0.3 is 4.74 Å². The number of benzene rings is 1. The topological polar surface area (TPSA) is 36.3 Å². The third-order valence-corrected chi connectivity index (χ3v) is 3.33. The summed E-state index contributed by atoms with van der Waals surface area (Å²) >= 11 is 0. The number of nitriles is 1. The predicted octanol–water partition coefficient (Wildman–Crippen LogP) is 3.84. The summed E-state index contributed by atoms with van der Waals surface area (Å²) in [5.41, 5.74) is 0.612. The van der Waals surface area contributed by atoms with E-state index in [1.165, 1.54) is 25.7 Å². The minimum atomic E-state index is 0.612. The smallest absolute Gasteiger partial charge is 0.137 e. The highest BCUT2D eigenvalue weighted by atomic mass is 16.5. The van der Waals surface area contributed by atoms with E-state index in [0.29, 0.717) is 17.9 Å². The molecule has 0 aliphatic carbocycles. The zero-order valence-electron chi connectivity index (χ0n) is 12.8. The average molecular weight is 274 g/mol. The summed E-state index contributed by atoms with van der Waals surface area (Å²) in [7, 11) is 0. The maximum absolute atomic E-state index is 9.02. The Balaban J connectivity index is 2.40. The number of para-hydroxylation sites is 1. The van der Waals surface area contributed by atoms with Crippen LogP contribution >= 0.6 is 0 Å². The molecule has 0 aliphatic rings. The molecule has 0 atom stereocenters. The van der Waals surface area contributed by atoms with Gasteiger partial charge in [0.1, 0.15) is 18.4 Å². The van der Waals surface area contributed by atoms with Gasteiger partial charge in [0.15, 0.2) is 0 Å². The van der Waals surface area contributed by atoms with Crippen molar-refractivity contribution in [2.45, 2.75) is 39.5 Å². The molecule has 1 aromatic carbocycles. The summed E-state index contributed by atoms with van der Waals surface area (Å²) in [5.74, 6) is 0.695. The Labute approximate surface area is 123 Å². The van der Waals surface area contributed by atoms with E-state index in [4.69, 9.17) is 10.00 Å². The van der Waals surface area contributed by atoms with Crippen molar-refractivity contribution in [3.8, 4) is 11.8 Å². The minimum Gasteiger partial charge on any atom is -0.491 e. The highest BCUT2D eigenvalue weighted by Crippen LogP contribution is 2.16. The standard InChI is InChI=1S/C17H26N2O/c1-3-5-11-19(12-6-4-2)13-14-20-17-10-8-7-9-16(17)15-18/h7-10H,3-6,11-14H2,1-2H3. The SMILES string of the molecule is CCCCN(CCCC)CCOc1ccccc1C#N. The zero-order valence-corrected chi connectivity index (χ0v) is 12.8. The summed E-state index contributed by atoms with van der Waals surface area (Å²) in [6, 6.07) is 9.58. The van der Waals surface area contributed by atoms with E-state index in [1.807, 2.05) is 18.2 Å². The molecule has 0 spiro atoms. The van der Waals surface area contributed by atoms with Gasteiger partial charge in [-0.05, 0) is 38.1 Å². The molecule has 1 aromatic rings. The van der Waals surface area contributed by atoms with Crippen LogP contribution in [-0.2, 0) is 0 Å². The molecule has 0 unspecified atom stereocenters. The summed E-state index contributed by atoms with van der Waals surface area (Å²) < 4.78 is 5.75. The normalized spacial score (nSPS) is 10.5. The molecular formula is C17H26N2O. The predicted molar refractivity (Wildman–Crippen MR) is 82.9 cm³/mol. The maximum Gasteiger partial charge on any atom is 0.137 e. The van der Waals surface area contributed by atoms with Gasteiger partial charge in [0, 0.05) is 6.54 Å². The lowest BCUT2D eigenvalue weighted by atomic mass is 10.2. The fourth-order valence-electron chi connectivity index (χ4n) is 2.07. The highest BCUT2D eigenvalue weighted by molar-refractivity contribution is 5.42. The second-order valence-electron chi connectivity index (χ2n) is 5.01. The Morgan fingerprint density at radius 1 is 1.05 bits per heavy atom. The fraction of sp³-hybridized carbons (Fsp3) is 0.588. The van der Waals surface area contributed by atoms with E-state index in [0.717, 1.165) is 19.6 Å². The number of unbranched alkanes of at least 4 members (excludes halogenated alkanes) is 2. The van der Waals surface area contributed by atoms with Crippen LogP contribution < -0.4 is 4.74 Å².